The van der Waals surface area contributed by atoms with E-state index in [1.165, 1.54) is 12.1 Å². The maximum Gasteiger partial charge on any atom is 0.145 e. The van der Waals surface area contributed by atoms with Crippen LogP contribution in [-0.2, 0) is 0 Å². The summed E-state index contributed by atoms with van der Waals surface area (Å²) in [6, 6.07) is 10.7. The lowest BCUT2D eigenvalue weighted by molar-refractivity contribution is 0.471. The van der Waals surface area contributed by atoms with E-state index in [4.69, 9.17) is 16.3 Å². The maximum atomic E-state index is 13.5. The summed E-state index contributed by atoms with van der Waals surface area (Å²) in [5.41, 5.74) is 1.11. The molecule has 0 spiro atoms. The van der Waals surface area contributed by atoms with Crippen LogP contribution in [0, 0.1) is 5.82 Å². The second-order valence-corrected chi connectivity index (χ2v) is 5.91. The molecule has 0 heterocycles. The standard InChI is InChI=1S/C16H16BrClFNO/c1-3-20-10(2)11-5-4-6-12(7-11)21-16-9-15(19)14(18)8-13(16)17/h4-10,20H,3H2,1-2H3. The second kappa shape index (κ2) is 7.25. The third-order valence-corrected chi connectivity index (χ3v) is 3.98. The van der Waals surface area contributed by atoms with E-state index < -0.39 is 5.82 Å². The van der Waals surface area contributed by atoms with E-state index in [0.717, 1.165) is 12.1 Å². The normalized spacial score (nSPS) is 12.2. The molecule has 0 radical (unpaired) electrons. The number of halogens is 3. The first-order valence-electron chi connectivity index (χ1n) is 6.67. The summed E-state index contributed by atoms with van der Waals surface area (Å²) in [6.07, 6.45) is 0. The molecule has 1 atom stereocenters. The highest BCUT2D eigenvalue weighted by Crippen LogP contribution is 2.34. The highest BCUT2D eigenvalue weighted by Gasteiger charge is 2.10. The summed E-state index contributed by atoms with van der Waals surface area (Å²) < 4.78 is 19.9. The van der Waals surface area contributed by atoms with Gasteiger partial charge in [-0.3, -0.25) is 0 Å². The number of rotatable bonds is 5. The molecule has 2 rings (SSSR count). The van der Waals surface area contributed by atoms with E-state index in [-0.39, 0.29) is 11.1 Å². The first-order valence-corrected chi connectivity index (χ1v) is 7.84. The van der Waals surface area contributed by atoms with Crippen molar-refractivity contribution in [2.45, 2.75) is 19.9 Å². The van der Waals surface area contributed by atoms with Gasteiger partial charge in [0, 0.05) is 12.1 Å². The van der Waals surface area contributed by atoms with Gasteiger partial charge in [-0.05, 0) is 53.2 Å². The molecule has 2 nitrogen and oxygen atoms in total. The van der Waals surface area contributed by atoms with E-state index in [0.29, 0.717) is 16.0 Å². The first-order chi connectivity index (χ1) is 10.0. The average Bonchev–Trinajstić information content (AvgIpc) is 2.45. The number of benzene rings is 2. The fraction of sp³-hybridized carbons (Fsp3) is 0.250. The van der Waals surface area contributed by atoms with Crippen molar-refractivity contribution >= 4 is 27.5 Å². The van der Waals surface area contributed by atoms with Crippen LogP contribution in [0.25, 0.3) is 0 Å². The molecule has 0 saturated heterocycles. The van der Waals surface area contributed by atoms with Crippen LogP contribution in [0.1, 0.15) is 25.5 Å². The highest BCUT2D eigenvalue weighted by atomic mass is 79.9. The van der Waals surface area contributed by atoms with Crippen molar-refractivity contribution in [1.82, 2.24) is 5.32 Å². The largest absolute Gasteiger partial charge is 0.456 e. The van der Waals surface area contributed by atoms with Gasteiger partial charge in [0.1, 0.15) is 17.3 Å². The van der Waals surface area contributed by atoms with Crippen LogP contribution in [0.3, 0.4) is 0 Å². The van der Waals surface area contributed by atoms with E-state index in [2.05, 4.69) is 35.1 Å². The van der Waals surface area contributed by atoms with Crippen LogP contribution in [0.2, 0.25) is 5.02 Å². The van der Waals surface area contributed by atoms with Crippen molar-refractivity contribution in [3.63, 3.8) is 0 Å². The fourth-order valence-electron chi connectivity index (χ4n) is 1.98. The van der Waals surface area contributed by atoms with Crippen LogP contribution >= 0.6 is 27.5 Å². The molecule has 0 bridgehead atoms. The topological polar surface area (TPSA) is 21.3 Å². The maximum absolute atomic E-state index is 13.5. The molecule has 0 saturated carbocycles. The monoisotopic (exact) mass is 371 g/mol. The Balaban J connectivity index is 2.24. The smallest absolute Gasteiger partial charge is 0.145 e. The molecule has 5 heteroatoms. The summed E-state index contributed by atoms with van der Waals surface area (Å²) in [7, 11) is 0. The number of hydrogen-bond acceptors (Lipinski definition) is 2. The molecular weight excluding hydrogens is 357 g/mol. The summed E-state index contributed by atoms with van der Waals surface area (Å²) in [6.45, 7) is 5.03. The lowest BCUT2D eigenvalue weighted by Gasteiger charge is -2.14. The number of nitrogens with one attached hydrogen (secondary N) is 1. The summed E-state index contributed by atoms with van der Waals surface area (Å²) in [4.78, 5) is 0. The molecule has 1 N–H and O–H groups in total. The molecular formula is C16H16BrClFNO. The molecule has 112 valence electrons. The summed E-state index contributed by atoms with van der Waals surface area (Å²) in [5.74, 6) is 0.539. The Labute approximate surface area is 137 Å². The van der Waals surface area contributed by atoms with Gasteiger partial charge >= 0.3 is 0 Å². The molecule has 21 heavy (non-hydrogen) atoms. The fourth-order valence-corrected chi connectivity index (χ4v) is 2.70. The molecule has 0 amide bonds. The van der Waals surface area contributed by atoms with Crippen molar-refractivity contribution in [3.8, 4) is 11.5 Å². The minimum absolute atomic E-state index is 0.0590. The van der Waals surface area contributed by atoms with Crippen LogP contribution in [0.4, 0.5) is 4.39 Å². The highest BCUT2D eigenvalue weighted by molar-refractivity contribution is 9.10. The zero-order valence-corrected chi connectivity index (χ0v) is 14.1. The summed E-state index contributed by atoms with van der Waals surface area (Å²) in [5, 5.41) is 3.40. The van der Waals surface area contributed by atoms with Gasteiger partial charge in [-0.1, -0.05) is 30.7 Å². The molecule has 1 unspecified atom stereocenters. The van der Waals surface area contributed by atoms with Crippen molar-refractivity contribution < 1.29 is 9.13 Å². The first kappa shape index (κ1) is 16.3. The Bertz CT molecular complexity index is 636. The molecule has 0 aromatic heterocycles. The Kier molecular flexibility index (Phi) is 5.62. The lowest BCUT2D eigenvalue weighted by atomic mass is 10.1. The zero-order chi connectivity index (χ0) is 15.4. The van der Waals surface area contributed by atoms with Gasteiger partial charge in [0.2, 0.25) is 0 Å². The van der Waals surface area contributed by atoms with Crippen LogP contribution < -0.4 is 10.1 Å². The van der Waals surface area contributed by atoms with Gasteiger partial charge in [-0.15, -0.1) is 0 Å². The third kappa shape index (κ3) is 4.19. The van der Waals surface area contributed by atoms with Crippen molar-refractivity contribution in [2.75, 3.05) is 6.54 Å². The second-order valence-electron chi connectivity index (χ2n) is 4.65. The Hall–Kier alpha value is -1.10. The number of hydrogen-bond donors (Lipinski definition) is 1. The Morgan fingerprint density at radius 3 is 2.81 bits per heavy atom. The lowest BCUT2D eigenvalue weighted by Crippen LogP contribution is -2.17. The molecule has 0 aliphatic rings. The van der Waals surface area contributed by atoms with Gasteiger partial charge in [-0.25, -0.2) is 4.39 Å². The Morgan fingerprint density at radius 1 is 1.33 bits per heavy atom. The van der Waals surface area contributed by atoms with E-state index >= 15 is 0 Å². The average molecular weight is 373 g/mol. The summed E-state index contributed by atoms with van der Waals surface area (Å²) >= 11 is 9.04. The van der Waals surface area contributed by atoms with E-state index in [1.54, 1.807) is 0 Å². The van der Waals surface area contributed by atoms with Gasteiger partial charge in [0.25, 0.3) is 0 Å². The van der Waals surface area contributed by atoms with Crippen molar-refractivity contribution in [1.29, 1.82) is 0 Å². The predicted molar refractivity (Wildman–Crippen MR) is 87.7 cm³/mol. The van der Waals surface area contributed by atoms with Gasteiger partial charge < -0.3 is 10.1 Å². The van der Waals surface area contributed by atoms with E-state index in [1.807, 2.05) is 24.3 Å². The minimum atomic E-state index is -0.507. The molecule has 0 aliphatic heterocycles. The zero-order valence-electron chi connectivity index (χ0n) is 11.8. The van der Waals surface area contributed by atoms with Crippen molar-refractivity contribution in [2.24, 2.45) is 0 Å². The number of ether oxygens (including phenoxy) is 1. The SMILES string of the molecule is CCNC(C)c1cccc(Oc2cc(F)c(Cl)cc2Br)c1. The Morgan fingerprint density at radius 2 is 2.10 bits per heavy atom. The molecule has 2 aromatic carbocycles. The predicted octanol–water partition coefficient (Wildman–Crippen LogP) is 5.70. The molecule has 0 fully saturated rings. The third-order valence-electron chi connectivity index (χ3n) is 3.07. The van der Waals surface area contributed by atoms with Crippen LogP contribution in [0.5, 0.6) is 11.5 Å². The van der Waals surface area contributed by atoms with Gasteiger partial charge in [0.05, 0.1) is 9.50 Å². The quantitative estimate of drug-likeness (QED) is 0.679. The van der Waals surface area contributed by atoms with Crippen LogP contribution in [0.15, 0.2) is 40.9 Å². The molecule has 2 aromatic rings. The van der Waals surface area contributed by atoms with Crippen LogP contribution in [-0.4, -0.2) is 6.54 Å². The van der Waals surface area contributed by atoms with E-state index in [9.17, 15) is 4.39 Å². The van der Waals surface area contributed by atoms with Gasteiger partial charge in [-0.2, -0.15) is 0 Å². The van der Waals surface area contributed by atoms with Gasteiger partial charge in [0.15, 0.2) is 0 Å². The minimum Gasteiger partial charge on any atom is -0.456 e. The molecule has 0 aliphatic carbocycles. The van der Waals surface area contributed by atoms with Crippen molar-refractivity contribution in [3.05, 3.63) is 57.3 Å².